The maximum absolute atomic E-state index is 12.8. The largest absolute Gasteiger partial charge is 0.492 e. The average Bonchev–Trinajstić information content (AvgIpc) is 3.04. The molecule has 0 fully saturated rings. The molecule has 148 valence electrons. The summed E-state index contributed by atoms with van der Waals surface area (Å²) in [5.41, 5.74) is 2.54. The maximum atomic E-state index is 12.8. The second-order valence-corrected chi connectivity index (χ2v) is 7.43. The lowest BCUT2D eigenvalue weighted by Crippen LogP contribution is -2.19. The van der Waals surface area contributed by atoms with Gasteiger partial charge in [-0.15, -0.1) is 0 Å². The summed E-state index contributed by atoms with van der Waals surface area (Å²) >= 11 is 1.48. The molecule has 0 radical (unpaired) electrons. The molecule has 7 heteroatoms. The number of hydrogen-bond donors (Lipinski definition) is 0. The first-order valence-corrected chi connectivity index (χ1v) is 9.97. The van der Waals surface area contributed by atoms with Crippen LogP contribution in [0.4, 0.5) is 5.69 Å². The first kappa shape index (κ1) is 20.1. The highest BCUT2D eigenvalue weighted by Crippen LogP contribution is 2.27. The van der Waals surface area contributed by atoms with Gasteiger partial charge in [-0.2, -0.15) is 4.99 Å². The van der Waals surface area contributed by atoms with Crippen molar-refractivity contribution in [3.05, 3.63) is 52.8 Å². The standard InChI is InChI=1S/C21H25N3O3S/c1-5-27-17-7-6-8-18-19(17)24(13-14-26-4)21(28-18)22-20(25)15-9-11-16(12-10-15)23(2)3/h6-12H,5,13-14H2,1-4H3. The van der Waals surface area contributed by atoms with Crippen LogP contribution < -0.4 is 14.4 Å². The van der Waals surface area contributed by atoms with E-state index in [4.69, 9.17) is 9.47 Å². The van der Waals surface area contributed by atoms with Gasteiger partial charge in [-0.1, -0.05) is 17.4 Å². The van der Waals surface area contributed by atoms with Gasteiger partial charge in [0, 0.05) is 39.0 Å². The summed E-state index contributed by atoms with van der Waals surface area (Å²) in [5.74, 6) is 0.526. The lowest BCUT2D eigenvalue weighted by atomic mass is 10.2. The molecular weight excluding hydrogens is 374 g/mol. The topological polar surface area (TPSA) is 56.1 Å². The number of ether oxygens (including phenoxy) is 2. The van der Waals surface area contributed by atoms with Crippen molar-refractivity contribution in [1.29, 1.82) is 0 Å². The van der Waals surface area contributed by atoms with Crippen LogP contribution in [0.5, 0.6) is 5.75 Å². The Morgan fingerprint density at radius 3 is 2.57 bits per heavy atom. The van der Waals surface area contributed by atoms with Gasteiger partial charge in [-0.05, 0) is 43.3 Å². The summed E-state index contributed by atoms with van der Waals surface area (Å²) in [5, 5.41) is 0. The summed E-state index contributed by atoms with van der Waals surface area (Å²) in [6, 6.07) is 13.4. The molecule has 0 aliphatic carbocycles. The van der Waals surface area contributed by atoms with Gasteiger partial charge in [-0.3, -0.25) is 4.79 Å². The fourth-order valence-corrected chi connectivity index (χ4v) is 3.97. The third kappa shape index (κ3) is 4.26. The van der Waals surface area contributed by atoms with E-state index in [9.17, 15) is 4.79 Å². The highest BCUT2D eigenvalue weighted by atomic mass is 32.1. The quantitative estimate of drug-likeness (QED) is 0.610. The summed E-state index contributed by atoms with van der Waals surface area (Å²) in [6.07, 6.45) is 0. The highest BCUT2D eigenvalue weighted by molar-refractivity contribution is 7.16. The molecule has 0 aliphatic heterocycles. The Balaban J connectivity index is 2.07. The minimum absolute atomic E-state index is 0.263. The van der Waals surface area contributed by atoms with Gasteiger partial charge in [0.05, 0.1) is 17.9 Å². The van der Waals surface area contributed by atoms with E-state index >= 15 is 0 Å². The van der Waals surface area contributed by atoms with Gasteiger partial charge in [0.25, 0.3) is 5.91 Å². The van der Waals surface area contributed by atoms with E-state index < -0.39 is 0 Å². The minimum atomic E-state index is -0.263. The number of methoxy groups -OCH3 is 1. The third-order valence-electron chi connectivity index (χ3n) is 4.31. The molecule has 6 nitrogen and oxygen atoms in total. The highest BCUT2D eigenvalue weighted by Gasteiger charge is 2.13. The number of nitrogens with zero attached hydrogens (tertiary/aromatic N) is 3. The average molecular weight is 400 g/mol. The Bertz CT molecular complexity index is 1020. The molecule has 1 amide bonds. The van der Waals surface area contributed by atoms with Crippen molar-refractivity contribution in [3.8, 4) is 5.75 Å². The van der Waals surface area contributed by atoms with E-state index in [1.807, 2.05) is 60.8 Å². The van der Waals surface area contributed by atoms with Crippen LogP contribution in [0.2, 0.25) is 0 Å². The molecule has 0 atom stereocenters. The molecule has 28 heavy (non-hydrogen) atoms. The van der Waals surface area contributed by atoms with Gasteiger partial charge in [-0.25, -0.2) is 0 Å². The number of anilines is 1. The van der Waals surface area contributed by atoms with Crippen LogP contribution in [0.1, 0.15) is 17.3 Å². The van der Waals surface area contributed by atoms with Crippen molar-refractivity contribution >= 4 is 33.1 Å². The van der Waals surface area contributed by atoms with Crippen molar-refractivity contribution in [3.63, 3.8) is 0 Å². The molecule has 0 spiro atoms. The summed E-state index contributed by atoms with van der Waals surface area (Å²) in [6.45, 7) is 3.64. The zero-order valence-corrected chi connectivity index (χ0v) is 17.5. The Morgan fingerprint density at radius 2 is 1.93 bits per heavy atom. The lowest BCUT2D eigenvalue weighted by Gasteiger charge is -2.11. The number of aromatic nitrogens is 1. The van der Waals surface area contributed by atoms with Crippen LogP contribution in [-0.4, -0.2) is 44.9 Å². The van der Waals surface area contributed by atoms with E-state index in [1.54, 1.807) is 19.2 Å². The zero-order valence-electron chi connectivity index (χ0n) is 16.6. The Hall–Kier alpha value is -2.64. The molecule has 0 N–H and O–H groups in total. The number of rotatable bonds is 7. The molecular formula is C21H25N3O3S. The molecule has 2 aromatic carbocycles. The third-order valence-corrected chi connectivity index (χ3v) is 5.35. The van der Waals surface area contributed by atoms with Gasteiger partial charge < -0.3 is 18.9 Å². The summed E-state index contributed by atoms with van der Waals surface area (Å²) in [4.78, 5) is 19.8. The predicted octanol–water partition coefficient (Wildman–Crippen LogP) is 3.56. The van der Waals surface area contributed by atoms with E-state index in [0.29, 0.717) is 30.1 Å². The van der Waals surface area contributed by atoms with Crippen molar-refractivity contribution in [2.24, 2.45) is 4.99 Å². The van der Waals surface area contributed by atoms with Crippen molar-refractivity contribution in [2.75, 3.05) is 39.3 Å². The number of hydrogen-bond acceptors (Lipinski definition) is 5. The van der Waals surface area contributed by atoms with Crippen LogP contribution in [0, 0.1) is 0 Å². The van der Waals surface area contributed by atoms with Crippen molar-refractivity contribution in [1.82, 2.24) is 4.57 Å². The van der Waals surface area contributed by atoms with Crippen LogP contribution in [0.3, 0.4) is 0 Å². The van der Waals surface area contributed by atoms with Crippen LogP contribution in [0.15, 0.2) is 47.5 Å². The maximum Gasteiger partial charge on any atom is 0.279 e. The molecule has 0 saturated heterocycles. The van der Waals surface area contributed by atoms with Gasteiger partial charge in [0.2, 0.25) is 0 Å². The first-order valence-electron chi connectivity index (χ1n) is 9.15. The molecule has 1 aromatic heterocycles. The second kappa shape index (κ2) is 9.03. The SMILES string of the molecule is CCOc1cccc2sc(=NC(=O)c3ccc(N(C)C)cc3)n(CCOC)c12. The number of para-hydroxylation sites is 1. The molecule has 0 unspecified atom stereocenters. The number of carbonyl (C=O) groups is 1. The van der Waals surface area contributed by atoms with Gasteiger partial charge in [0.15, 0.2) is 4.80 Å². The molecule has 3 rings (SSSR count). The Kier molecular flexibility index (Phi) is 6.49. The lowest BCUT2D eigenvalue weighted by molar-refractivity contribution is 0.0997. The van der Waals surface area contributed by atoms with Crippen LogP contribution >= 0.6 is 11.3 Å². The normalized spacial score (nSPS) is 11.8. The molecule has 0 saturated carbocycles. The van der Waals surface area contributed by atoms with Crippen LogP contribution in [0.25, 0.3) is 10.2 Å². The van der Waals surface area contributed by atoms with E-state index in [2.05, 4.69) is 4.99 Å². The Morgan fingerprint density at radius 1 is 1.18 bits per heavy atom. The van der Waals surface area contributed by atoms with E-state index in [1.165, 1.54) is 11.3 Å². The predicted molar refractivity (Wildman–Crippen MR) is 114 cm³/mol. The van der Waals surface area contributed by atoms with Gasteiger partial charge >= 0.3 is 0 Å². The minimum Gasteiger partial charge on any atom is -0.492 e. The van der Waals surface area contributed by atoms with E-state index in [0.717, 1.165) is 21.7 Å². The molecule has 1 heterocycles. The zero-order chi connectivity index (χ0) is 20.1. The molecule has 0 aliphatic rings. The molecule has 3 aromatic rings. The number of benzene rings is 2. The van der Waals surface area contributed by atoms with E-state index in [-0.39, 0.29) is 5.91 Å². The fraction of sp³-hybridized carbons (Fsp3) is 0.333. The summed E-state index contributed by atoms with van der Waals surface area (Å²) in [7, 11) is 5.59. The van der Waals surface area contributed by atoms with Crippen molar-refractivity contribution in [2.45, 2.75) is 13.5 Å². The Labute approximate surface area is 168 Å². The summed E-state index contributed by atoms with van der Waals surface area (Å²) < 4.78 is 14.1. The second-order valence-electron chi connectivity index (χ2n) is 6.42. The number of carbonyl (C=O) groups excluding carboxylic acids is 1. The monoisotopic (exact) mass is 399 g/mol. The number of amides is 1. The number of thiazole rings is 1. The fourth-order valence-electron chi connectivity index (χ4n) is 2.90. The van der Waals surface area contributed by atoms with Crippen molar-refractivity contribution < 1.29 is 14.3 Å². The van der Waals surface area contributed by atoms with Crippen LogP contribution in [-0.2, 0) is 11.3 Å². The first-order chi connectivity index (χ1) is 13.5. The molecule has 0 bridgehead atoms. The smallest absolute Gasteiger partial charge is 0.279 e. The number of fused-ring (bicyclic) bond motifs is 1. The van der Waals surface area contributed by atoms with Gasteiger partial charge in [0.1, 0.15) is 11.3 Å².